The van der Waals surface area contributed by atoms with Gasteiger partial charge >= 0.3 is 0 Å². The first-order valence-electron chi connectivity index (χ1n) is 4.99. The lowest BCUT2D eigenvalue weighted by atomic mass is 10.2. The Balaban J connectivity index is 2.67. The summed E-state index contributed by atoms with van der Waals surface area (Å²) < 4.78 is 3.23. The van der Waals surface area contributed by atoms with Crippen molar-refractivity contribution in [1.82, 2.24) is 9.78 Å². The van der Waals surface area contributed by atoms with Crippen LogP contribution in [0.3, 0.4) is 0 Å². The second-order valence-electron chi connectivity index (χ2n) is 3.48. The van der Waals surface area contributed by atoms with Gasteiger partial charge in [-0.2, -0.15) is 5.10 Å². The summed E-state index contributed by atoms with van der Waals surface area (Å²) in [5, 5.41) is 4.34. The van der Waals surface area contributed by atoms with Gasteiger partial charge in [0.2, 0.25) is 0 Å². The van der Waals surface area contributed by atoms with Crippen LogP contribution < -0.4 is 0 Å². The number of nitrogens with zero attached hydrogens (tertiary/aromatic N) is 2. The number of alkyl halides is 1. The Hall–Kier alpha value is 0.170. The SMILES string of the molecule is CCCn1ncc(Br)c1CCC(C)Br. The van der Waals surface area contributed by atoms with Crippen LogP contribution in [0.15, 0.2) is 10.7 Å². The number of rotatable bonds is 5. The fraction of sp³-hybridized carbons (Fsp3) is 0.700. The summed E-state index contributed by atoms with van der Waals surface area (Å²) in [6.45, 7) is 5.36. The van der Waals surface area contributed by atoms with E-state index in [0.717, 1.165) is 30.3 Å². The Morgan fingerprint density at radius 3 is 2.86 bits per heavy atom. The number of hydrogen-bond acceptors (Lipinski definition) is 1. The third-order valence-corrected chi connectivity index (χ3v) is 3.23. The summed E-state index contributed by atoms with van der Waals surface area (Å²) in [6.07, 6.45) is 5.25. The second kappa shape index (κ2) is 5.91. The number of hydrogen-bond donors (Lipinski definition) is 0. The molecule has 0 saturated carbocycles. The predicted octanol–water partition coefficient (Wildman–Crippen LogP) is 3.77. The quantitative estimate of drug-likeness (QED) is 0.754. The van der Waals surface area contributed by atoms with Crippen molar-refractivity contribution in [3.63, 3.8) is 0 Å². The van der Waals surface area contributed by atoms with Crippen LogP contribution >= 0.6 is 31.9 Å². The van der Waals surface area contributed by atoms with Gasteiger partial charge in [0.1, 0.15) is 0 Å². The monoisotopic (exact) mass is 322 g/mol. The van der Waals surface area contributed by atoms with E-state index in [4.69, 9.17) is 0 Å². The van der Waals surface area contributed by atoms with E-state index in [-0.39, 0.29) is 0 Å². The highest BCUT2D eigenvalue weighted by Gasteiger charge is 2.08. The first kappa shape index (κ1) is 12.2. The van der Waals surface area contributed by atoms with E-state index in [1.807, 2.05) is 6.20 Å². The van der Waals surface area contributed by atoms with E-state index in [1.165, 1.54) is 5.69 Å². The van der Waals surface area contributed by atoms with E-state index >= 15 is 0 Å². The predicted molar refractivity (Wildman–Crippen MR) is 66.9 cm³/mol. The van der Waals surface area contributed by atoms with Crippen LogP contribution in [0, 0.1) is 0 Å². The van der Waals surface area contributed by atoms with Gasteiger partial charge in [0.05, 0.1) is 16.4 Å². The summed E-state index contributed by atoms with van der Waals surface area (Å²) in [7, 11) is 0. The molecule has 1 aromatic heterocycles. The van der Waals surface area contributed by atoms with Gasteiger partial charge in [-0.1, -0.05) is 29.8 Å². The molecule has 0 aliphatic rings. The summed E-state index contributed by atoms with van der Waals surface area (Å²) >= 11 is 7.10. The molecule has 1 rings (SSSR count). The zero-order valence-corrected chi connectivity index (χ0v) is 11.8. The molecular formula is C10H16Br2N2. The molecule has 4 heteroatoms. The third-order valence-electron chi connectivity index (χ3n) is 2.11. The van der Waals surface area contributed by atoms with Gasteiger partial charge in [-0.05, 0) is 35.2 Å². The van der Waals surface area contributed by atoms with Gasteiger partial charge in [0, 0.05) is 11.4 Å². The van der Waals surface area contributed by atoms with Gasteiger partial charge in [-0.25, -0.2) is 0 Å². The average molecular weight is 324 g/mol. The maximum atomic E-state index is 4.34. The summed E-state index contributed by atoms with van der Waals surface area (Å²) in [4.78, 5) is 0.569. The molecule has 1 aromatic rings. The molecule has 0 radical (unpaired) electrons. The van der Waals surface area contributed by atoms with E-state index in [1.54, 1.807) is 0 Å². The minimum atomic E-state index is 0.569. The van der Waals surface area contributed by atoms with Crippen molar-refractivity contribution in [3.8, 4) is 0 Å². The molecular weight excluding hydrogens is 308 g/mol. The minimum absolute atomic E-state index is 0.569. The third kappa shape index (κ3) is 3.39. The molecule has 2 nitrogen and oxygen atoms in total. The molecule has 0 aliphatic heterocycles. The molecule has 1 heterocycles. The van der Waals surface area contributed by atoms with Crippen LogP contribution in [-0.2, 0) is 13.0 Å². The fourth-order valence-electron chi connectivity index (χ4n) is 1.38. The second-order valence-corrected chi connectivity index (χ2v) is 5.90. The van der Waals surface area contributed by atoms with Crippen LogP contribution in [0.1, 0.15) is 32.4 Å². The van der Waals surface area contributed by atoms with Crippen LogP contribution in [0.25, 0.3) is 0 Å². The van der Waals surface area contributed by atoms with Crippen molar-refractivity contribution in [3.05, 3.63) is 16.4 Å². The first-order valence-corrected chi connectivity index (χ1v) is 6.70. The van der Waals surface area contributed by atoms with Crippen LogP contribution in [-0.4, -0.2) is 14.6 Å². The summed E-state index contributed by atoms with van der Waals surface area (Å²) in [5.74, 6) is 0. The highest BCUT2D eigenvalue weighted by Crippen LogP contribution is 2.19. The lowest BCUT2D eigenvalue weighted by molar-refractivity contribution is 0.566. The van der Waals surface area contributed by atoms with Gasteiger partial charge < -0.3 is 0 Å². The van der Waals surface area contributed by atoms with Crippen LogP contribution in [0.5, 0.6) is 0 Å². The van der Waals surface area contributed by atoms with Crippen molar-refractivity contribution in [2.75, 3.05) is 0 Å². The lowest BCUT2D eigenvalue weighted by Crippen LogP contribution is -2.06. The first-order chi connectivity index (χ1) is 6.65. The Morgan fingerprint density at radius 1 is 1.57 bits per heavy atom. The Bertz CT molecular complexity index is 282. The fourth-order valence-corrected chi connectivity index (χ4v) is 2.10. The summed E-state index contributed by atoms with van der Waals surface area (Å²) in [5.41, 5.74) is 1.32. The number of aromatic nitrogens is 2. The van der Waals surface area contributed by atoms with Crippen LogP contribution in [0.2, 0.25) is 0 Å². The van der Waals surface area contributed by atoms with Crippen molar-refractivity contribution in [2.45, 2.75) is 44.5 Å². The molecule has 1 unspecified atom stereocenters. The van der Waals surface area contributed by atoms with E-state index in [2.05, 4.69) is 55.5 Å². The van der Waals surface area contributed by atoms with Crippen LogP contribution in [0.4, 0.5) is 0 Å². The molecule has 0 fully saturated rings. The van der Waals surface area contributed by atoms with Crippen molar-refractivity contribution in [2.24, 2.45) is 0 Å². The van der Waals surface area contributed by atoms with Gasteiger partial charge in [-0.3, -0.25) is 4.68 Å². The smallest absolute Gasteiger partial charge is 0.0635 e. The standard InChI is InChI=1S/C10H16Br2N2/c1-3-6-14-10(5-4-8(2)11)9(12)7-13-14/h7-8H,3-6H2,1-2H3. The van der Waals surface area contributed by atoms with E-state index in [0.29, 0.717) is 4.83 Å². The lowest BCUT2D eigenvalue weighted by Gasteiger charge is -2.07. The van der Waals surface area contributed by atoms with E-state index < -0.39 is 0 Å². The number of aryl methyl sites for hydroxylation is 1. The van der Waals surface area contributed by atoms with Crippen molar-refractivity contribution in [1.29, 1.82) is 0 Å². The molecule has 0 bridgehead atoms. The average Bonchev–Trinajstić information content (AvgIpc) is 2.45. The Kier molecular flexibility index (Phi) is 5.17. The summed E-state index contributed by atoms with van der Waals surface area (Å²) in [6, 6.07) is 0. The largest absolute Gasteiger partial charge is 0.268 e. The maximum absolute atomic E-state index is 4.34. The van der Waals surface area contributed by atoms with E-state index in [9.17, 15) is 0 Å². The number of halogens is 2. The highest BCUT2D eigenvalue weighted by molar-refractivity contribution is 9.10. The molecule has 0 N–H and O–H groups in total. The molecule has 1 atom stereocenters. The molecule has 0 aliphatic carbocycles. The molecule has 0 aromatic carbocycles. The van der Waals surface area contributed by atoms with Crippen molar-refractivity contribution >= 4 is 31.9 Å². The molecule has 14 heavy (non-hydrogen) atoms. The minimum Gasteiger partial charge on any atom is -0.268 e. The molecule has 0 saturated heterocycles. The highest BCUT2D eigenvalue weighted by atomic mass is 79.9. The molecule has 0 spiro atoms. The molecule has 0 amide bonds. The van der Waals surface area contributed by atoms with Gasteiger partial charge in [-0.15, -0.1) is 0 Å². The zero-order chi connectivity index (χ0) is 10.6. The van der Waals surface area contributed by atoms with Gasteiger partial charge in [0.25, 0.3) is 0 Å². The topological polar surface area (TPSA) is 17.8 Å². The Labute approximate surface area is 102 Å². The van der Waals surface area contributed by atoms with Crippen molar-refractivity contribution < 1.29 is 0 Å². The van der Waals surface area contributed by atoms with Gasteiger partial charge in [0.15, 0.2) is 0 Å². The Morgan fingerprint density at radius 2 is 2.29 bits per heavy atom. The molecule has 80 valence electrons. The maximum Gasteiger partial charge on any atom is 0.0635 e. The zero-order valence-electron chi connectivity index (χ0n) is 8.63. The normalized spacial score (nSPS) is 13.1.